The molecule has 2 aromatic carbocycles. The monoisotopic (exact) mass is 501 g/mol. The first-order chi connectivity index (χ1) is 18.0. The van der Waals surface area contributed by atoms with Gasteiger partial charge in [0.05, 0.1) is 12.5 Å². The third-order valence-corrected chi connectivity index (χ3v) is 7.62. The summed E-state index contributed by atoms with van der Waals surface area (Å²) in [5.74, 6) is 2.09. The number of nitrogens with zero attached hydrogens (tertiary/aromatic N) is 4. The second kappa shape index (κ2) is 12.0. The molecule has 0 aliphatic carbocycles. The lowest BCUT2D eigenvalue weighted by molar-refractivity contribution is -0.127. The second-order valence-corrected chi connectivity index (χ2v) is 11.0. The molecule has 196 valence electrons. The van der Waals surface area contributed by atoms with E-state index in [1.54, 1.807) is 0 Å². The fourth-order valence-electron chi connectivity index (χ4n) is 5.60. The highest BCUT2D eigenvalue weighted by atomic mass is 16.5. The molecule has 37 heavy (non-hydrogen) atoms. The number of hydrogen-bond donors (Lipinski definition) is 1. The highest BCUT2D eigenvalue weighted by molar-refractivity contribution is 5.79. The van der Waals surface area contributed by atoms with E-state index < -0.39 is 0 Å². The summed E-state index contributed by atoms with van der Waals surface area (Å²) in [6, 6.07) is 16.8. The highest BCUT2D eigenvalue weighted by Gasteiger charge is 2.27. The van der Waals surface area contributed by atoms with Crippen molar-refractivity contribution in [3.8, 4) is 11.4 Å². The van der Waals surface area contributed by atoms with Crippen LogP contribution < -0.4 is 5.32 Å². The van der Waals surface area contributed by atoms with Gasteiger partial charge >= 0.3 is 0 Å². The van der Waals surface area contributed by atoms with E-state index in [4.69, 9.17) is 4.52 Å². The van der Waals surface area contributed by atoms with Crippen molar-refractivity contribution in [3.05, 3.63) is 71.1 Å². The average molecular weight is 502 g/mol. The lowest BCUT2D eigenvalue weighted by Crippen LogP contribution is -2.42. The Morgan fingerprint density at radius 2 is 1.76 bits per heavy atom. The van der Waals surface area contributed by atoms with Crippen LogP contribution in [0, 0.1) is 18.8 Å². The van der Waals surface area contributed by atoms with Crippen molar-refractivity contribution < 1.29 is 9.32 Å². The number of aromatic nitrogens is 2. The van der Waals surface area contributed by atoms with Crippen LogP contribution in [0.4, 0.5) is 0 Å². The second-order valence-electron chi connectivity index (χ2n) is 11.0. The Morgan fingerprint density at radius 3 is 2.57 bits per heavy atom. The fraction of sp³-hybridized carbons (Fsp3) is 0.500. The van der Waals surface area contributed by atoms with Gasteiger partial charge in [-0.2, -0.15) is 4.98 Å². The molecular formula is C30H39N5O2. The first-order valence-electron chi connectivity index (χ1n) is 13.7. The molecule has 0 spiro atoms. The zero-order chi connectivity index (χ0) is 25.6. The zero-order valence-electron chi connectivity index (χ0n) is 22.2. The maximum absolute atomic E-state index is 13.0. The third kappa shape index (κ3) is 7.05. The largest absolute Gasteiger partial charge is 0.352 e. The minimum Gasteiger partial charge on any atom is -0.352 e. The average Bonchev–Trinajstić information content (AvgIpc) is 3.36. The normalized spacial score (nSPS) is 21.1. The summed E-state index contributed by atoms with van der Waals surface area (Å²) in [6.07, 6.45) is 4.52. The Bertz CT molecular complexity index is 1170. The van der Waals surface area contributed by atoms with E-state index in [0.717, 1.165) is 43.0 Å². The van der Waals surface area contributed by atoms with Crippen molar-refractivity contribution in [1.82, 2.24) is 25.3 Å². The Labute approximate surface area is 220 Å². The number of carbonyl (C=O) groups excluding carboxylic acids is 1. The van der Waals surface area contributed by atoms with Gasteiger partial charge in [0.2, 0.25) is 17.6 Å². The van der Waals surface area contributed by atoms with Gasteiger partial charge in [-0.05, 0) is 62.7 Å². The van der Waals surface area contributed by atoms with Crippen molar-refractivity contribution in [2.24, 2.45) is 11.8 Å². The topological polar surface area (TPSA) is 74.5 Å². The van der Waals surface area contributed by atoms with Crippen LogP contribution in [-0.2, 0) is 24.4 Å². The SMILES string of the molecule is Cc1ccc(-c2noc(CN3CCCC(C(=O)NCc4cccc(CN5CCCC(C)C5)c4)C3)n2)cc1. The summed E-state index contributed by atoms with van der Waals surface area (Å²) in [6.45, 7) is 10.5. The summed E-state index contributed by atoms with van der Waals surface area (Å²) in [7, 11) is 0. The Balaban J connectivity index is 1.11. The van der Waals surface area contributed by atoms with Gasteiger partial charge in [-0.3, -0.25) is 14.6 Å². The molecule has 3 heterocycles. The van der Waals surface area contributed by atoms with Crippen LogP contribution in [0.15, 0.2) is 53.1 Å². The molecule has 2 fully saturated rings. The van der Waals surface area contributed by atoms with Crippen LogP contribution in [0.1, 0.15) is 55.2 Å². The summed E-state index contributed by atoms with van der Waals surface area (Å²) < 4.78 is 5.52. The minimum atomic E-state index is -0.0220. The molecule has 0 radical (unpaired) electrons. The molecular weight excluding hydrogens is 462 g/mol. The maximum atomic E-state index is 13.0. The maximum Gasteiger partial charge on any atom is 0.241 e. The number of carbonyl (C=O) groups is 1. The summed E-state index contributed by atoms with van der Waals surface area (Å²) >= 11 is 0. The van der Waals surface area contributed by atoms with Crippen LogP contribution in [0.2, 0.25) is 0 Å². The van der Waals surface area contributed by atoms with Gasteiger partial charge in [-0.25, -0.2) is 0 Å². The summed E-state index contributed by atoms with van der Waals surface area (Å²) in [5.41, 5.74) is 4.64. The number of benzene rings is 2. The summed E-state index contributed by atoms with van der Waals surface area (Å²) in [5, 5.41) is 7.34. The molecule has 1 aromatic heterocycles. The molecule has 0 bridgehead atoms. The van der Waals surface area contributed by atoms with E-state index in [-0.39, 0.29) is 11.8 Å². The number of amides is 1. The third-order valence-electron chi connectivity index (χ3n) is 7.62. The van der Waals surface area contributed by atoms with Gasteiger partial charge in [-0.15, -0.1) is 0 Å². The molecule has 5 rings (SSSR count). The molecule has 2 aliphatic rings. The molecule has 2 saturated heterocycles. The Morgan fingerprint density at radius 1 is 1.00 bits per heavy atom. The minimum absolute atomic E-state index is 0.0220. The van der Waals surface area contributed by atoms with Crippen molar-refractivity contribution >= 4 is 5.91 Å². The van der Waals surface area contributed by atoms with Crippen molar-refractivity contribution in [2.45, 2.75) is 59.2 Å². The van der Waals surface area contributed by atoms with Crippen LogP contribution >= 0.6 is 0 Å². The van der Waals surface area contributed by atoms with Crippen LogP contribution in [0.5, 0.6) is 0 Å². The zero-order valence-corrected chi connectivity index (χ0v) is 22.2. The number of rotatable bonds is 8. The molecule has 2 atom stereocenters. The lowest BCUT2D eigenvalue weighted by atomic mass is 9.97. The molecule has 0 saturated carbocycles. The molecule has 1 N–H and O–H groups in total. The number of aryl methyl sites for hydroxylation is 1. The van der Waals surface area contributed by atoms with Crippen molar-refractivity contribution in [3.63, 3.8) is 0 Å². The van der Waals surface area contributed by atoms with Crippen LogP contribution in [0.25, 0.3) is 11.4 Å². The van der Waals surface area contributed by atoms with Gasteiger partial charge < -0.3 is 9.84 Å². The van der Waals surface area contributed by atoms with Crippen LogP contribution in [0.3, 0.4) is 0 Å². The van der Waals surface area contributed by atoms with Gasteiger partial charge in [-0.1, -0.05) is 66.2 Å². The fourth-order valence-corrected chi connectivity index (χ4v) is 5.60. The number of likely N-dealkylation sites (tertiary alicyclic amines) is 2. The molecule has 7 nitrogen and oxygen atoms in total. The van der Waals surface area contributed by atoms with E-state index in [1.807, 2.05) is 24.3 Å². The first-order valence-corrected chi connectivity index (χ1v) is 13.7. The molecule has 7 heteroatoms. The highest BCUT2D eigenvalue weighted by Crippen LogP contribution is 2.22. The van der Waals surface area contributed by atoms with E-state index in [1.165, 1.54) is 37.1 Å². The van der Waals surface area contributed by atoms with Crippen LogP contribution in [-0.4, -0.2) is 52.0 Å². The van der Waals surface area contributed by atoms with E-state index >= 15 is 0 Å². The molecule has 2 unspecified atom stereocenters. The predicted octanol–water partition coefficient (Wildman–Crippen LogP) is 4.81. The van der Waals surface area contributed by atoms with E-state index in [2.05, 4.69) is 63.4 Å². The standard InChI is InChI=1S/C30H39N5O2/c1-22-10-12-26(13-11-22)29-32-28(37-33-29)21-35-15-5-9-27(20-35)30(36)31-17-24-7-3-8-25(16-24)19-34-14-4-6-23(2)18-34/h3,7-8,10-13,16,23,27H,4-6,9,14-15,17-21H2,1-2H3,(H,31,36). The van der Waals surface area contributed by atoms with Gasteiger partial charge in [0.25, 0.3) is 0 Å². The predicted molar refractivity (Wildman–Crippen MR) is 144 cm³/mol. The first kappa shape index (κ1) is 25.6. The number of piperidine rings is 2. The smallest absolute Gasteiger partial charge is 0.241 e. The quantitative estimate of drug-likeness (QED) is 0.478. The lowest BCUT2D eigenvalue weighted by Gasteiger charge is -2.31. The van der Waals surface area contributed by atoms with Crippen molar-refractivity contribution in [1.29, 1.82) is 0 Å². The van der Waals surface area contributed by atoms with Gasteiger partial charge in [0, 0.05) is 31.7 Å². The van der Waals surface area contributed by atoms with Gasteiger partial charge in [0.15, 0.2) is 0 Å². The molecule has 1 amide bonds. The van der Waals surface area contributed by atoms with Gasteiger partial charge in [0.1, 0.15) is 0 Å². The number of hydrogen-bond acceptors (Lipinski definition) is 6. The van der Waals surface area contributed by atoms with Crippen molar-refractivity contribution in [2.75, 3.05) is 26.2 Å². The Hall–Kier alpha value is -3.03. The molecule has 3 aromatic rings. The Kier molecular flexibility index (Phi) is 8.31. The van der Waals surface area contributed by atoms with E-state index in [9.17, 15) is 4.79 Å². The molecule has 2 aliphatic heterocycles. The number of nitrogens with one attached hydrogen (secondary N) is 1. The summed E-state index contributed by atoms with van der Waals surface area (Å²) in [4.78, 5) is 22.4. The van der Waals surface area contributed by atoms with E-state index in [0.29, 0.717) is 31.3 Å².